The molecule has 0 spiro atoms. The van der Waals surface area contributed by atoms with Crippen LogP contribution in [0.2, 0.25) is 0 Å². The quantitative estimate of drug-likeness (QED) is 0.135. The summed E-state index contributed by atoms with van der Waals surface area (Å²) in [5.41, 5.74) is 0. The van der Waals surface area contributed by atoms with Gasteiger partial charge in [-0.15, -0.1) is 0 Å². The van der Waals surface area contributed by atoms with Crippen molar-refractivity contribution in [3.05, 3.63) is 0 Å². The fourth-order valence-corrected chi connectivity index (χ4v) is 3.73. The minimum absolute atomic E-state index is 0.0179. The molecule has 0 fully saturated rings. The number of esters is 1. The van der Waals surface area contributed by atoms with Gasteiger partial charge in [-0.05, 0) is 18.8 Å². The van der Waals surface area contributed by atoms with Gasteiger partial charge >= 0.3 is 5.97 Å². The molecule has 2 heteroatoms. The lowest BCUT2D eigenvalue weighted by Crippen LogP contribution is -2.05. The Morgan fingerprint density at radius 2 is 1.04 bits per heavy atom. The SMILES string of the molecule is CCCCCCCCCCCC(=O)OCCCCCCCCCCCC(C)C. The van der Waals surface area contributed by atoms with E-state index in [4.69, 9.17) is 4.74 Å². The largest absolute Gasteiger partial charge is 0.466 e. The number of hydrogen-bond donors (Lipinski definition) is 0. The van der Waals surface area contributed by atoms with Crippen molar-refractivity contribution >= 4 is 5.97 Å². The number of hydrogen-bond acceptors (Lipinski definition) is 2. The van der Waals surface area contributed by atoms with E-state index in [-0.39, 0.29) is 5.97 Å². The zero-order valence-corrected chi connectivity index (χ0v) is 19.7. The van der Waals surface area contributed by atoms with Gasteiger partial charge in [0, 0.05) is 6.42 Å². The molecule has 0 saturated heterocycles. The molecule has 0 unspecified atom stereocenters. The second kappa shape index (κ2) is 22.8. The van der Waals surface area contributed by atoms with Crippen LogP contribution in [0.15, 0.2) is 0 Å². The summed E-state index contributed by atoms with van der Waals surface area (Å²) < 4.78 is 5.37. The van der Waals surface area contributed by atoms with Gasteiger partial charge in [-0.1, -0.05) is 130 Å². The first-order valence-corrected chi connectivity index (χ1v) is 12.8. The van der Waals surface area contributed by atoms with Gasteiger partial charge in [0.1, 0.15) is 0 Å². The Kier molecular flexibility index (Phi) is 22.3. The second-order valence-electron chi connectivity index (χ2n) is 9.16. The van der Waals surface area contributed by atoms with Gasteiger partial charge in [0.15, 0.2) is 0 Å². The fourth-order valence-electron chi connectivity index (χ4n) is 3.73. The van der Waals surface area contributed by atoms with Crippen LogP contribution in [0.5, 0.6) is 0 Å². The van der Waals surface area contributed by atoms with Gasteiger partial charge in [-0.3, -0.25) is 4.79 Å². The van der Waals surface area contributed by atoms with Gasteiger partial charge in [0.25, 0.3) is 0 Å². The monoisotopic (exact) mass is 396 g/mol. The van der Waals surface area contributed by atoms with Crippen LogP contribution >= 0.6 is 0 Å². The van der Waals surface area contributed by atoms with Crippen LogP contribution in [-0.2, 0) is 9.53 Å². The molecule has 0 aromatic heterocycles. The zero-order chi connectivity index (χ0) is 20.7. The Balaban J connectivity index is 3.15. The standard InChI is InChI=1S/C26H52O2/c1-4-5-6-7-8-10-14-17-20-23-26(27)28-24-21-18-15-12-9-11-13-16-19-22-25(2)3/h25H,4-24H2,1-3H3. The molecule has 168 valence electrons. The maximum atomic E-state index is 11.7. The van der Waals surface area contributed by atoms with Crippen molar-refractivity contribution in [2.24, 2.45) is 5.92 Å². The predicted octanol–water partition coefficient (Wildman–Crippen LogP) is 9.01. The van der Waals surface area contributed by atoms with Crippen molar-refractivity contribution in [2.75, 3.05) is 6.61 Å². The van der Waals surface area contributed by atoms with Crippen molar-refractivity contribution in [3.8, 4) is 0 Å². The molecule has 0 saturated carbocycles. The first-order chi connectivity index (χ1) is 13.7. The number of rotatable bonds is 22. The fraction of sp³-hybridized carbons (Fsp3) is 0.962. The zero-order valence-electron chi connectivity index (χ0n) is 19.7. The van der Waals surface area contributed by atoms with Gasteiger partial charge in [0.05, 0.1) is 6.61 Å². The molecule has 0 N–H and O–H groups in total. The van der Waals surface area contributed by atoms with Crippen molar-refractivity contribution in [2.45, 2.75) is 149 Å². The first-order valence-electron chi connectivity index (χ1n) is 12.8. The highest BCUT2D eigenvalue weighted by atomic mass is 16.5. The molecular weight excluding hydrogens is 344 g/mol. The van der Waals surface area contributed by atoms with Crippen molar-refractivity contribution in [3.63, 3.8) is 0 Å². The second-order valence-corrected chi connectivity index (χ2v) is 9.16. The van der Waals surface area contributed by atoms with E-state index in [0.717, 1.165) is 18.8 Å². The Hall–Kier alpha value is -0.530. The van der Waals surface area contributed by atoms with E-state index in [0.29, 0.717) is 13.0 Å². The molecule has 0 atom stereocenters. The topological polar surface area (TPSA) is 26.3 Å². The summed E-state index contributed by atoms with van der Waals surface area (Å²) in [5.74, 6) is 0.878. The Labute approximate surface area is 177 Å². The highest BCUT2D eigenvalue weighted by Crippen LogP contribution is 2.13. The minimum Gasteiger partial charge on any atom is -0.466 e. The van der Waals surface area contributed by atoms with Crippen LogP contribution in [0.25, 0.3) is 0 Å². The molecule has 0 radical (unpaired) electrons. The van der Waals surface area contributed by atoms with Crippen LogP contribution in [-0.4, -0.2) is 12.6 Å². The molecule has 0 heterocycles. The van der Waals surface area contributed by atoms with Crippen LogP contribution < -0.4 is 0 Å². The summed E-state index contributed by atoms with van der Waals surface area (Å²) in [6, 6.07) is 0. The number of unbranched alkanes of at least 4 members (excludes halogenated alkanes) is 16. The third kappa shape index (κ3) is 23.5. The summed E-state index contributed by atoms with van der Waals surface area (Å²) in [5, 5.41) is 0. The van der Waals surface area contributed by atoms with Crippen molar-refractivity contribution in [1.82, 2.24) is 0 Å². The van der Waals surface area contributed by atoms with Crippen LogP contribution in [0.3, 0.4) is 0 Å². The minimum atomic E-state index is 0.0179. The lowest BCUT2D eigenvalue weighted by atomic mass is 10.0. The maximum Gasteiger partial charge on any atom is 0.305 e. The Morgan fingerprint density at radius 1 is 0.607 bits per heavy atom. The molecule has 0 aromatic rings. The Bertz CT molecular complexity index is 312. The molecule has 0 aliphatic rings. The van der Waals surface area contributed by atoms with Gasteiger partial charge in [0.2, 0.25) is 0 Å². The van der Waals surface area contributed by atoms with Gasteiger partial charge in [-0.2, -0.15) is 0 Å². The van der Waals surface area contributed by atoms with Gasteiger partial charge in [-0.25, -0.2) is 0 Å². The van der Waals surface area contributed by atoms with Crippen molar-refractivity contribution in [1.29, 1.82) is 0 Å². The highest BCUT2D eigenvalue weighted by Gasteiger charge is 2.02. The lowest BCUT2D eigenvalue weighted by molar-refractivity contribution is -0.143. The molecule has 0 amide bonds. The third-order valence-corrected chi connectivity index (χ3v) is 5.67. The summed E-state index contributed by atoms with van der Waals surface area (Å²) in [7, 11) is 0. The maximum absolute atomic E-state index is 11.7. The molecule has 0 aliphatic heterocycles. The highest BCUT2D eigenvalue weighted by molar-refractivity contribution is 5.69. The van der Waals surface area contributed by atoms with E-state index >= 15 is 0 Å². The molecule has 0 bridgehead atoms. The molecule has 0 aliphatic carbocycles. The van der Waals surface area contributed by atoms with E-state index in [1.54, 1.807) is 0 Å². The normalized spacial score (nSPS) is 11.3. The van der Waals surface area contributed by atoms with Crippen LogP contribution in [0, 0.1) is 5.92 Å². The molecule has 28 heavy (non-hydrogen) atoms. The number of ether oxygens (including phenoxy) is 1. The van der Waals surface area contributed by atoms with Crippen LogP contribution in [0.1, 0.15) is 149 Å². The van der Waals surface area contributed by atoms with E-state index in [9.17, 15) is 4.79 Å². The average Bonchev–Trinajstić information content (AvgIpc) is 2.67. The summed E-state index contributed by atoms with van der Waals surface area (Å²) in [6.45, 7) is 7.52. The molecule has 0 aromatic carbocycles. The lowest BCUT2D eigenvalue weighted by Gasteiger charge is -2.06. The average molecular weight is 397 g/mol. The molecule has 0 rings (SSSR count). The number of carbonyl (C=O) groups excluding carboxylic acids is 1. The predicted molar refractivity (Wildman–Crippen MR) is 124 cm³/mol. The van der Waals surface area contributed by atoms with Gasteiger partial charge < -0.3 is 4.74 Å². The Morgan fingerprint density at radius 3 is 1.54 bits per heavy atom. The smallest absolute Gasteiger partial charge is 0.305 e. The van der Waals surface area contributed by atoms with E-state index in [1.165, 1.54) is 109 Å². The van der Waals surface area contributed by atoms with E-state index in [2.05, 4.69) is 20.8 Å². The molecular formula is C26H52O2. The van der Waals surface area contributed by atoms with E-state index < -0.39 is 0 Å². The van der Waals surface area contributed by atoms with Crippen LogP contribution in [0.4, 0.5) is 0 Å². The van der Waals surface area contributed by atoms with E-state index in [1.807, 2.05) is 0 Å². The third-order valence-electron chi connectivity index (χ3n) is 5.67. The summed E-state index contributed by atoms with van der Waals surface area (Å²) in [6.07, 6.45) is 25.5. The summed E-state index contributed by atoms with van der Waals surface area (Å²) >= 11 is 0. The first kappa shape index (κ1) is 27.5. The summed E-state index contributed by atoms with van der Waals surface area (Å²) in [4.78, 5) is 11.7. The van der Waals surface area contributed by atoms with Crippen molar-refractivity contribution < 1.29 is 9.53 Å². The molecule has 2 nitrogen and oxygen atoms in total. The number of carbonyl (C=O) groups is 1.